The fourth-order valence-electron chi connectivity index (χ4n) is 3.44. The maximum absolute atomic E-state index is 13.0. The van der Waals surface area contributed by atoms with Gasteiger partial charge in [0.15, 0.2) is 5.78 Å². The Balaban J connectivity index is 2.12. The van der Waals surface area contributed by atoms with E-state index in [2.05, 4.69) is 26.1 Å². The molecule has 0 aliphatic carbocycles. The Bertz CT molecular complexity index is 973. The van der Waals surface area contributed by atoms with E-state index in [1.54, 1.807) is 18.2 Å². The number of carboxylic acid groups (broad SMARTS) is 1. The van der Waals surface area contributed by atoms with Crippen molar-refractivity contribution >= 4 is 23.3 Å². The molecule has 0 aromatic heterocycles. The molecule has 29 heavy (non-hydrogen) atoms. The van der Waals surface area contributed by atoms with E-state index in [1.807, 2.05) is 19.9 Å². The maximum Gasteiger partial charge on any atom is 0.328 e. The lowest BCUT2D eigenvalue weighted by Gasteiger charge is -2.18. The van der Waals surface area contributed by atoms with Crippen molar-refractivity contribution in [2.45, 2.75) is 47.5 Å². The zero-order valence-electron chi connectivity index (χ0n) is 17.6. The van der Waals surface area contributed by atoms with E-state index in [1.165, 1.54) is 5.56 Å². The largest absolute Gasteiger partial charge is 0.478 e. The van der Waals surface area contributed by atoms with Gasteiger partial charge in [0, 0.05) is 29.8 Å². The molecule has 0 heterocycles. The van der Waals surface area contributed by atoms with Gasteiger partial charge in [-0.3, -0.25) is 9.59 Å². The van der Waals surface area contributed by atoms with Crippen molar-refractivity contribution in [3.63, 3.8) is 0 Å². The fourth-order valence-corrected chi connectivity index (χ4v) is 3.44. The molecule has 2 aromatic rings. The quantitative estimate of drug-likeness (QED) is 0.531. The summed E-state index contributed by atoms with van der Waals surface area (Å²) in [4.78, 5) is 35.2. The maximum atomic E-state index is 13.0. The van der Waals surface area contributed by atoms with Crippen molar-refractivity contribution in [1.29, 1.82) is 0 Å². The van der Waals surface area contributed by atoms with Crippen LogP contribution in [0.2, 0.25) is 0 Å². The molecule has 0 saturated carbocycles. The molecular weight excluding hydrogens is 366 g/mol. The molecule has 152 valence electrons. The highest BCUT2D eigenvalue weighted by Crippen LogP contribution is 2.27. The first-order chi connectivity index (χ1) is 13.6. The van der Waals surface area contributed by atoms with Crippen LogP contribution in [0.1, 0.15) is 50.2 Å². The van der Waals surface area contributed by atoms with Gasteiger partial charge in [0.1, 0.15) is 0 Å². The summed E-state index contributed by atoms with van der Waals surface area (Å²) in [5.41, 5.74) is 7.94. The van der Waals surface area contributed by atoms with Crippen molar-refractivity contribution < 1.29 is 19.5 Å². The first-order valence-electron chi connectivity index (χ1n) is 9.53. The predicted octanol–water partition coefficient (Wildman–Crippen LogP) is 4.62. The third-order valence-corrected chi connectivity index (χ3v) is 5.49. The molecule has 0 aliphatic heterocycles. The first-order valence-corrected chi connectivity index (χ1v) is 9.53. The summed E-state index contributed by atoms with van der Waals surface area (Å²) >= 11 is 0. The number of ketones is 1. The predicted molar refractivity (Wildman–Crippen MR) is 115 cm³/mol. The van der Waals surface area contributed by atoms with Crippen molar-refractivity contribution in [2.75, 3.05) is 5.32 Å². The average Bonchev–Trinajstić information content (AvgIpc) is 2.68. The van der Waals surface area contributed by atoms with E-state index < -0.39 is 11.9 Å². The van der Waals surface area contributed by atoms with Crippen LogP contribution in [0.25, 0.3) is 0 Å². The van der Waals surface area contributed by atoms with Gasteiger partial charge >= 0.3 is 5.97 Å². The van der Waals surface area contributed by atoms with Gasteiger partial charge in [-0.2, -0.15) is 0 Å². The summed E-state index contributed by atoms with van der Waals surface area (Å²) in [5.74, 6) is -1.58. The lowest BCUT2D eigenvalue weighted by atomic mass is 9.86. The topological polar surface area (TPSA) is 83.5 Å². The zero-order chi connectivity index (χ0) is 21.7. The summed E-state index contributed by atoms with van der Waals surface area (Å²) in [7, 11) is 0. The number of benzene rings is 2. The molecule has 0 fully saturated rings. The Hall–Kier alpha value is -3.21. The van der Waals surface area contributed by atoms with Crippen LogP contribution >= 0.6 is 0 Å². The second-order valence-electron chi connectivity index (χ2n) is 7.28. The van der Waals surface area contributed by atoms with E-state index in [4.69, 9.17) is 5.11 Å². The van der Waals surface area contributed by atoms with Gasteiger partial charge < -0.3 is 10.4 Å². The molecule has 0 aliphatic rings. The van der Waals surface area contributed by atoms with Gasteiger partial charge in [-0.05, 0) is 86.6 Å². The van der Waals surface area contributed by atoms with Crippen molar-refractivity contribution in [3.8, 4) is 0 Å². The van der Waals surface area contributed by atoms with Crippen LogP contribution in [-0.2, 0) is 16.0 Å². The van der Waals surface area contributed by atoms with E-state index >= 15 is 0 Å². The Morgan fingerprint density at radius 3 is 2.07 bits per heavy atom. The number of carboxylic acids is 1. The van der Waals surface area contributed by atoms with Crippen LogP contribution in [0.4, 0.5) is 5.69 Å². The Labute approximate surface area is 171 Å². The number of aliphatic carboxylic acids is 1. The number of amides is 1. The average molecular weight is 393 g/mol. The summed E-state index contributed by atoms with van der Waals surface area (Å²) in [6.07, 6.45) is 2.68. The van der Waals surface area contributed by atoms with E-state index in [0.717, 1.165) is 45.5 Å². The standard InChI is InChI=1S/C24H27NO4/c1-14-15(2)17(4)24(18(5)16(14)3)21(26)10-9-19-7-6-8-20(13-19)25-22(27)11-12-23(28)29/h6-8,11-13H,9-10H2,1-5H3,(H,25,27)(H,28,29)/b12-11+. The lowest BCUT2D eigenvalue weighted by Crippen LogP contribution is -2.11. The van der Waals surface area contributed by atoms with Crippen LogP contribution < -0.4 is 5.32 Å². The smallest absolute Gasteiger partial charge is 0.328 e. The molecule has 5 nitrogen and oxygen atoms in total. The number of anilines is 1. The number of hydrogen-bond donors (Lipinski definition) is 2. The minimum atomic E-state index is -1.18. The van der Waals surface area contributed by atoms with E-state index in [9.17, 15) is 14.4 Å². The highest BCUT2D eigenvalue weighted by Gasteiger charge is 2.18. The summed E-state index contributed by atoms with van der Waals surface area (Å²) in [5, 5.41) is 11.2. The third kappa shape index (κ3) is 5.41. The SMILES string of the molecule is Cc1c(C)c(C)c(C(=O)CCc2cccc(NC(=O)/C=C/C(=O)O)c2)c(C)c1C. The normalized spacial score (nSPS) is 10.9. The molecule has 5 heteroatoms. The highest BCUT2D eigenvalue weighted by molar-refractivity contribution is 6.02. The first kappa shape index (κ1) is 22.1. The van der Waals surface area contributed by atoms with Crippen LogP contribution in [0.3, 0.4) is 0 Å². The molecule has 2 rings (SSSR count). The summed E-state index contributed by atoms with van der Waals surface area (Å²) in [6, 6.07) is 7.22. The molecule has 0 unspecified atom stereocenters. The number of carbonyl (C=O) groups excluding carboxylic acids is 2. The van der Waals surface area contributed by atoms with E-state index in [-0.39, 0.29) is 5.78 Å². The van der Waals surface area contributed by atoms with Crippen LogP contribution in [-0.4, -0.2) is 22.8 Å². The number of aryl methyl sites for hydroxylation is 1. The van der Waals surface area contributed by atoms with Gasteiger partial charge in [-0.15, -0.1) is 0 Å². The summed E-state index contributed by atoms with van der Waals surface area (Å²) in [6.45, 7) is 10.2. The fraction of sp³-hybridized carbons (Fsp3) is 0.292. The Morgan fingerprint density at radius 2 is 1.48 bits per heavy atom. The number of nitrogens with one attached hydrogen (secondary N) is 1. The number of rotatable bonds is 7. The monoisotopic (exact) mass is 393 g/mol. The number of hydrogen-bond acceptors (Lipinski definition) is 3. The molecule has 2 aromatic carbocycles. The van der Waals surface area contributed by atoms with Gasteiger partial charge in [-0.1, -0.05) is 12.1 Å². The van der Waals surface area contributed by atoms with E-state index in [0.29, 0.717) is 18.5 Å². The second kappa shape index (κ2) is 9.32. The van der Waals surface area contributed by atoms with Crippen LogP contribution in [0.5, 0.6) is 0 Å². The number of carbonyl (C=O) groups is 3. The molecule has 2 N–H and O–H groups in total. The molecule has 1 amide bonds. The van der Waals surface area contributed by atoms with Crippen molar-refractivity contribution in [1.82, 2.24) is 0 Å². The second-order valence-corrected chi connectivity index (χ2v) is 7.28. The summed E-state index contributed by atoms with van der Waals surface area (Å²) < 4.78 is 0. The Morgan fingerprint density at radius 1 is 0.897 bits per heavy atom. The molecule has 0 saturated heterocycles. The molecule has 0 spiro atoms. The van der Waals surface area contributed by atoms with Crippen LogP contribution in [0, 0.1) is 34.6 Å². The molecule has 0 atom stereocenters. The van der Waals surface area contributed by atoms with Gasteiger partial charge in [0.05, 0.1) is 0 Å². The zero-order valence-corrected chi connectivity index (χ0v) is 17.6. The molecule has 0 bridgehead atoms. The molecule has 0 radical (unpaired) electrons. The van der Waals surface area contributed by atoms with Gasteiger partial charge in [0.25, 0.3) is 0 Å². The Kier molecular flexibility index (Phi) is 7.10. The van der Waals surface area contributed by atoms with Crippen molar-refractivity contribution in [3.05, 3.63) is 75.4 Å². The molecular formula is C24H27NO4. The lowest BCUT2D eigenvalue weighted by molar-refractivity contribution is -0.131. The number of Topliss-reactive ketones (excluding diaryl/α,β-unsaturated/α-hetero) is 1. The third-order valence-electron chi connectivity index (χ3n) is 5.49. The highest BCUT2D eigenvalue weighted by atomic mass is 16.4. The van der Waals surface area contributed by atoms with Crippen molar-refractivity contribution in [2.24, 2.45) is 0 Å². The van der Waals surface area contributed by atoms with Crippen LogP contribution in [0.15, 0.2) is 36.4 Å². The van der Waals surface area contributed by atoms with Gasteiger partial charge in [-0.25, -0.2) is 4.79 Å². The minimum Gasteiger partial charge on any atom is -0.478 e. The van der Waals surface area contributed by atoms with Gasteiger partial charge in [0.2, 0.25) is 5.91 Å². The minimum absolute atomic E-state index is 0.116.